The van der Waals surface area contributed by atoms with Crippen molar-refractivity contribution in [2.45, 2.75) is 25.5 Å². The molecule has 0 bridgehead atoms. The van der Waals surface area contributed by atoms with E-state index in [0.717, 1.165) is 30.4 Å². The van der Waals surface area contributed by atoms with Gasteiger partial charge in [0.15, 0.2) is 0 Å². The standard InChI is InChI=1S/C15H19ClN4O2/c16-10-3-4-12-13(6-10)19-14(18-12)7-17-15(22)9-20-5-1-2-11(21)8-20/h3-4,6,11,21H,1-2,5,7-9H2,(H,17,22)(H,18,19)/t11-/m1/s1. The maximum absolute atomic E-state index is 12.0. The van der Waals surface area contributed by atoms with Crippen molar-refractivity contribution in [1.82, 2.24) is 20.2 Å². The van der Waals surface area contributed by atoms with Crippen molar-refractivity contribution in [3.05, 3.63) is 29.0 Å². The number of piperidine rings is 1. The Hall–Kier alpha value is -1.63. The third-order valence-corrected chi connectivity index (χ3v) is 4.03. The van der Waals surface area contributed by atoms with Crippen LogP contribution in [0, 0.1) is 0 Å². The van der Waals surface area contributed by atoms with E-state index in [4.69, 9.17) is 11.6 Å². The smallest absolute Gasteiger partial charge is 0.234 e. The minimum Gasteiger partial charge on any atom is -0.392 e. The lowest BCUT2D eigenvalue weighted by molar-refractivity contribution is -0.123. The van der Waals surface area contributed by atoms with Crippen molar-refractivity contribution in [1.29, 1.82) is 0 Å². The van der Waals surface area contributed by atoms with Crippen LogP contribution in [0.15, 0.2) is 18.2 Å². The number of hydrogen-bond acceptors (Lipinski definition) is 4. The van der Waals surface area contributed by atoms with Gasteiger partial charge in [-0.05, 0) is 37.6 Å². The number of aliphatic hydroxyl groups excluding tert-OH is 1. The molecular formula is C15H19ClN4O2. The number of benzene rings is 1. The third-order valence-electron chi connectivity index (χ3n) is 3.79. The molecule has 1 aromatic heterocycles. The second-order valence-corrected chi connectivity index (χ2v) is 6.09. The largest absolute Gasteiger partial charge is 0.392 e. The number of β-amino-alcohol motifs (C(OH)–C–C–N with tert-alkyl or cyclic N) is 1. The number of hydrogen-bond donors (Lipinski definition) is 3. The van der Waals surface area contributed by atoms with Crippen molar-refractivity contribution in [2.75, 3.05) is 19.6 Å². The Balaban J connectivity index is 1.53. The maximum atomic E-state index is 12.0. The zero-order valence-corrected chi connectivity index (χ0v) is 12.9. The fourth-order valence-corrected chi connectivity index (χ4v) is 2.91. The number of likely N-dealkylation sites (tertiary alicyclic amines) is 1. The second-order valence-electron chi connectivity index (χ2n) is 5.65. The summed E-state index contributed by atoms with van der Waals surface area (Å²) in [6.07, 6.45) is 1.43. The summed E-state index contributed by atoms with van der Waals surface area (Å²) >= 11 is 5.93. The average molecular weight is 323 g/mol. The van der Waals surface area contributed by atoms with Gasteiger partial charge in [0.1, 0.15) is 5.82 Å². The molecule has 1 aliphatic heterocycles. The molecule has 0 spiro atoms. The first kappa shape index (κ1) is 15.3. The van der Waals surface area contributed by atoms with Crippen LogP contribution in [0.3, 0.4) is 0 Å². The molecular weight excluding hydrogens is 304 g/mol. The summed E-state index contributed by atoms with van der Waals surface area (Å²) < 4.78 is 0. The molecule has 1 amide bonds. The van der Waals surface area contributed by atoms with Gasteiger partial charge in [-0.3, -0.25) is 9.69 Å². The van der Waals surface area contributed by atoms with Crippen molar-refractivity contribution >= 4 is 28.5 Å². The number of imidazole rings is 1. The molecule has 3 N–H and O–H groups in total. The molecule has 1 fully saturated rings. The normalized spacial score (nSPS) is 19.5. The van der Waals surface area contributed by atoms with Crippen LogP contribution in [0.5, 0.6) is 0 Å². The van der Waals surface area contributed by atoms with Gasteiger partial charge >= 0.3 is 0 Å². The number of H-pyrrole nitrogens is 1. The Labute approximate surface area is 133 Å². The molecule has 118 valence electrons. The van der Waals surface area contributed by atoms with Gasteiger partial charge in [0, 0.05) is 11.6 Å². The predicted molar refractivity (Wildman–Crippen MR) is 84.6 cm³/mol. The number of nitrogens with one attached hydrogen (secondary N) is 2. The number of halogens is 1. The average Bonchev–Trinajstić information content (AvgIpc) is 2.87. The molecule has 1 saturated heterocycles. The van der Waals surface area contributed by atoms with E-state index in [1.165, 1.54) is 0 Å². The van der Waals surface area contributed by atoms with Crippen LogP contribution in [0.1, 0.15) is 18.7 Å². The van der Waals surface area contributed by atoms with Crippen molar-refractivity contribution in [3.8, 4) is 0 Å². The van der Waals surface area contributed by atoms with E-state index in [0.29, 0.717) is 30.5 Å². The monoisotopic (exact) mass is 322 g/mol. The number of amides is 1. The predicted octanol–water partition coefficient (Wildman–Crippen LogP) is 1.29. The summed E-state index contributed by atoms with van der Waals surface area (Å²) in [6.45, 7) is 2.08. The molecule has 1 atom stereocenters. The molecule has 6 nitrogen and oxygen atoms in total. The Morgan fingerprint density at radius 1 is 1.55 bits per heavy atom. The summed E-state index contributed by atoms with van der Waals surface area (Å²) in [7, 11) is 0. The number of aromatic nitrogens is 2. The van der Waals surface area contributed by atoms with Gasteiger partial charge in [-0.25, -0.2) is 4.98 Å². The summed E-state index contributed by atoms with van der Waals surface area (Å²) in [6, 6.07) is 5.44. The maximum Gasteiger partial charge on any atom is 0.234 e. The van der Waals surface area contributed by atoms with Crippen molar-refractivity contribution < 1.29 is 9.90 Å². The zero-order chi connectivity index (χ0) is 15.5. The summed E-state index contributed by atoms with van der Waals surface area (Å²) in [4.78, 5) is 21.5. The van der Waals surface area contributed by atoms with Crippen LogP contribution in [0.2, 0.25) is 5.02 Å². The Bertz CT molecular complexity index is 673. The molecule has 0 unspecified atom stereocenters. The topological polar surface area (TPSA) is 81.2 Å². The molecule has 0 aliphatic carbocycles. The van der Waals surface area contributed by atoms with Crippen LogP contribution in [-0.2, 0) is 11.3 Å². The van der Waals surface area contributed by atoms with E-state index in [9.17, 15) is 9.90 Å². The zero-order valence-electron chi connectivity index (χ0n) is 12.2. The van der Waals surface area contributed by atoms with Crippen LogP contribution < -0.4 is 5.32 Å². The van der Waals surface area contributed by atoms with Crippen molar-refractivity contribution in [2.24, 2.45) is 0 Å². The van der Waals surface area contributed by atoms with E-state index < -0.39 is 0 Å². The van der Waals surface area contributed by atoms with E-state index in [-0.39, 0.29) is 12.0 Å². The summed E-state index contributed by atoms with van der Waals surface area (Å²) in [5.41, 5.74) is 1.68. The first-order valence-electron chi connectivity index (χ1n) is 7.41. The Kier molecular flexibility index (Phi) is 4.61. The number of nitrogens with zero attached hydrogens (tertiary/aromatic N) is 2. The summed E-state index contributed by atoms with van der Waals surface area (Å²) in [5.74, 6) is 0.636. The summed E-state index contributed by atoms with van der Waals surface area (Å²) in [5, 5.41) is 13.1. The highest BCUT2D eigenvalue weighted by molar-refractivity contribution is 6.31. The lowest BCUT2D eigenvalue weighted by atomic mass is 10.1. The lowest BCUT2D eigenvalue weighted by Crippen LogP contribution is -2.44. The van der Waals surface area contributed by atoms with Gasteiger partial charge < -0.3 is 15.4 Å². The third kappa shape index (κ3) is 3.76. The van der Waals surface area contributed by atoms with Crippen LogP contribution >= 0.6 is 11.6 Å². The number of rotatable bonds is 4. The van der Waals surface area contributed by atoms with Crippen molar-refractivity contribution in [3.63, 3.8) is 0 Å². The molecule has 1 aromatic carbocycles. The molecule has 0 radical (unpaired) electrons. The van der Waals surface area contributed by atoms with E-state index >= 15 is 0 Å². The van der Waals surface area contributed by atoms with Crippen LogP contribution in [0.25, 0.3) is 11.0 Å². The number of aromatic amines is 1. The van der Waals surface area contributed by atoms with Gasteiger partial charge in [0.25, 0.3) is 0 Å². The SMILES string of the molecule is O=C(CN1CCC[C@@H](O)C1)NCc1nc2ccc(Cl)cc2[nH]1. The molecule has 2 heterocycles. The number of aliphatic hydroxyl groups is 1. The fraction of sp³-hybridized carbons (Fsp3) is 0.467. The Morgan fingerprint density at radius 3 is 3.23 bits per heavy atom. The first-order valence-corrected chi connectivity index (χ1v) is 7.79. The minimum atomic E-state index is -0.318. The van der Waals surface area contributed by atoms with Gasteiger partial charge in [-0.15, -0.1) is 0 Å². The minimum absolute atomic E-state index is 0.0624. The second kappa shape index (κ2) is 6.64. The van der Waals surface area contributed by atoms with Gasteiger partial charge in [-0.2, -0.15) is 0 Å². The van der Waals surface area contributed by atoms with Crippen LogP contribution in [0.4, 0.5) is 0 Å². The Morgan fingerprint density at radius 2 is 2.41 bits per heavy atom. The molecule has 2 aromatic rings. The molecule has 1 aliphatic rings. The highest BCUT2D eigenvalue weighted by Gasteiger charge is 2.19. The molecule has 7 heteroatoms. The highest BCUT2D eigenvalue weighted by atomic mass is 35.5. The molecule has 0 saturated carbocycles. The lowest BCUT2D eigenvalue weighted by Gasteiger charge is -2.29. The number of carbonyl (C=O) groups is 1. The van der Waals surface area contributed by atoms with Gasteiger partial charge in [-0.1, -0.05) is 11.6 Å². The van der Waals surface area contributed by atoms with E-state index in [2.05, 4.69) is 15.3 Å². The first-order chi connectivity index (χ1) is 10.6. The van der Waals surface area contributed by atoms with Crippen LogP contribution in [-0.4, -0.2) is 51.6 Å². The van der Waals surface area contributed by atoms with Gasteiger partial charge in [0.2, 0.25) is 5.91 Å². The molecule has 22 heavy (non-hydrogen) atoms. The fourth-order valence-electron chi connectivity index (χ4n) is 2.73. The quantitative estimate of drug-likeness (QED) is 0.792. The van der Waals surface area contributed by atoms with E-state index in [1.807, 2.05) is 17.0 Å². The number of fused-ring (bicyclic) bond motifs is 1. The highest BCUT2D eigenvalue weighted by Crippen LogP contribution is 2.17. The number of carbonyl (C=O) groups excluding carboxylic acids is 1. The van der Waals surface area contributed by atoms with E-state index in [1.54, 1.807) is 6.07 Å². The molecule has 3 rings (SSSR count). The van der Waals surface area contributed by atoms with Gasteiger partial charge in [0.05, 0.1) is 30.2 Å².